The smallest absolute Gasteiger partial charge is 0.305 e. The van der Waals surface area contributed by atoms with Crippen molar-refractivity contribution in [1.82, 2.24) is 5.32 Å². The van der Waals surface area contributed by atoms with Crippen molar-refractivity contribution in [2.45, 2.75) is 25.5 Å². The lowest BCUT2D eigenvalue weighted by Crippen LogP contribution is -2.37. The van der Waals surface area contributed by atoms with Gasteiger partial charge in [-0.15, -0.1) is 6.58 Å². The number of aryl methyl sites for hydroxylation is 1. The van der Waals surface area contributed by atoms with Crippen LogP contribution in [0.4, 0.5) is 0 Å². The summed E-state index contributed by atoms with van der Waals surface area (Å²) in [6.07, 6.45) is 0.460. The minimum Gasteiger partial charge on any atom is -0.496 e. The van der Waals surface area contributed by atoms with Crippen molar-refractivity contribution >= 4 is 5.97 Å². The van der Waals surface area contributed by atoms with E-state index in [1.54, 1.807) is 18.2 Å². The van der Waals surface area contributed by atoms with Gasteiger partial charge in [0.25, 0.3) is 0 Å². The quantitative estimate of drug-likeness (QED) is 0.631. The second-order valence-electron chi connectivity index (χ2n) is 4.59. The average molecular weight is 279 g/mol. The second kappa shape index (κ2) is 7.67. The predicted octanol–water partition coefficient (Wildman–Crippen LogP) is 1.66. The van der Waals surface area contributed by atoms with Crippen LogP contribution in [0.15, 0.2) is 30.9 Å². The summed E-state index contributed by atoms with van der Waals surface area (Å²) in [6, 6.07) is 4.83. The zero-order chi connectivity index (χ0) is 15.1. The molecule has 0 aromatic heterocycles. The Morgan fingerprint density at radius 2 is 2.25 bits per heavy atom. The zero-order valence-corrected chi connectivity index (χ0v) is 11.8. The number of benzene rings is 1. The minimum atomic E-state index is -0.975. The summed E-state index contributed by atoms with van der Waals surface area (Å²) in [5, 5.41) is 22.4. The molecule has 5 heteroatoms. The van der Waals surface area contributed by atoms with Gasteiger partial charge in [0.15, 0.2) is 0 Å². The van der Waals surface area contributed by atoms with Gasteiger partial charge in [-0.05, 0) is 19.1 Å². The van der Waals surface area contributed by atoms with Crippen molar-refractivity contribution in [1.29, 1.82) is 0 Å². The number of carboxylic acid groups (broad SMARTS) is 1. The summed E-state index contributed by atoms with van der Waals surface area (Å²) in [5.74, 6) is -0.434. The molecule has 110 valence electrons. The molecule has 1 aromatic carbocycles. The third-order valence-electron chi connectivity index (χ3n) is 3.00. The monoisotopic (exact) mass is 279 g/mol. The van der Waals surface area contributed by atoms with Gasteiger partial charge < -0.3 is 20.3 Å². The largest absolute Gasteiger partial charge is 0.496 e. The molecule has 0 aliphatic heterocycles. The first-order chi connectivity index (χ1) is 9.49. The topological polar surface area (TPSA) is 78.8 Å². The Morgan fingerprint density at radius 1 is 1.55 bits per heavy atom. The van der Waals surface area contributed by atoms with E-state index in [1.807, 2.05) is 13.0 Å². The van der Waals surface area contributed by atoms with E-state index in [-0.39, 0.29) is 6.42 Å². The molecule has 5 nitrogen and oxygen atoms in total. The molecule has 0 saturated heterocycles. The average Bonchev–Trinajstić information content (AvgIpc) is 2.42. The number of aliphatic carboxylic acids is 1. The zero-order valence-electron chi connectivity index (χ0n) is 11.8. The van der Waals surface area contributed by atoms with Gasteiger partial charge in [-0.25, -0.2) is 0 Å². The Morgan fingerprint density at radius 3 is 2.80 bits per heavy atom. The van der Waals surface area contributed by atoms with E-state index in [9.17, 15) is 9.90 Å². The second-order valence-corrected chi connectivity index (χ2v) is 4.59. The van der Waals surface area contributed by atoms with Crippen molar-refractivity contribution in [3.8, 4) is 5.75 Å². The number of nitrogens with one attached hydrogen (secondary N) is 1. The van der Waals surface area contributed by atoms with Gasteiger partial charge >= 0.3 is 5.97 Å². The lowest BCUT2D eigenvalue weighted by molar-refractivity contribution is -0.138. The lowest BCUT2D eigenvalue weighted by atomic mass is 9.97. The molecule has 0 bridgehead atoms. The molecule has 2 unspecified atom stereocenters. The first-order valence-corrected chi connectivity index (χ1v) is 6.38. The van der Waals surface area contributed by atoms with Gasteiger partial charge in [-0.1, -0.05) is 17.7 Å². The molecular weight excluding hydrogens is 258 g/mol. The molecule has 0 fully saturated rings. The number of aliphatic hydroxyl groups is 1. The molecule has 0 aliphatic carbocycles. The van der Waals surface area contributed by atoms with Crippen molar-refractivity contribution < 1.29 is 19.7 Å². The summed E-state index contributed by atoms with van der Waals surface area (Å²) in [6.45, 7) is 5.90. The third-order valence-corrected chi connectivity index (χ3v) is 3.00. The fraction of sp³-hybridized carbons (Fsp3) is 0.400. The van der Waals surface area contributed by atoms with Crippen LogP contribution in [0.2, 0.25) is 0 Å². The van der Waals surface area contributed by atoms with E-state index in [2.05, 4.69) is 11.9 Å². The molecule has 0 aliphatic rings. The standard InChI is InChI=1S/C15H21NO4/c1-4-7-16-12(9-14(17)18)15(19)11-8-10(2)5-6-13(11)20-3/h4-6,8,12,15-16,19H,1,7,9H2,2-3H3,(H,17,18). The van der Waals surface area contributed by atoms with E-state index in [0.717, 1.165) is 5.56 Å². The fourth-order valence-electron chi connectivity index (χ4n) is 2.02. The molecule has 0 heterocycles. The minimum absolute atomic E-state index is 0.188. The Bertz CT molecular complexity index is 473. The van der Waals surface area contributed by atoms with Gasteiger partial charge in [-0.2, -0.15) is 0 Å². The van der Waals surface area contributed by atoms with Crippen LogP contribution in [0.3, 0.4) is 0 Å². The molecule has 3 N–H and O–H groups in total. The van der Waals surface area contributed by atoms with E-state index < -0.39 is 18.1 Å². The number of rotatable bonds is 8. The fourth-order valence-corrected chi connectivity index (χ4v) is 2.02. The Balaban J connectivity index is 3.03. The normalized spacial score (nSPS) is 13.6. The summed E-state index contributed by atoms with van der Waals surface area (Å²) in [7, 11) is 1.52. The third kappa shape index (κ3) is 4.36. The van der Waals surface area contributed by atoms with Crippen LogP contribution in [-0.4, -0.2) is 35.9 Å². The molecule has 0 saturated carbocycles. The SMILES string of the molecule is C=CCNC(CC(=O)O)C(O)c1cc(C)ccc1OC. The maximum atomic E-state index is 10.9. The number of hydrogen-bond donors (Lipinski definition) is 3. The van der Waals surface area contributed by atoms with Crippen LogP contribution in [-0.2, 0) is 4.79 Å². The highest BCUT2D eigenvalue weighted by atomic mass is 16.5. The highest BCUT2D eigenvalue weighted by Gasteiger charge is 2.25. The number of ether oxygens (including phenoxy) is 1. The number of aliphatic hydroxyl groups excluding tert-OH is 1. The van der Waals surface area contributed by atoms with Crippen molar-refractivity contribution in [3.63, 3.8) is 0 Å². The molecule has 0 radical (unpaired) electrons. The first-order valence-electron chi connectivity index (χ1n) is 6.38. The van der Waals surface area contributed by atoms with E-state index >= 15 is 0 Å². The van der Waals surface area contributed by atoms with Crippen LogP contribution in [0.1, 0.15) is 23.7 Å². The maximum Gasteiger partial charge on any atom is 0.305 e. The van der Waals surface area contributed by atoms with Crippen molar-refractivity contribution in [3.05, 3.63) is 42.0 Å². The molecule has 20 heavy (non-hydrogen) atoms. The van der Waals surface area contributed by atoms with E-state index in [4.69, 9.17) is 9.84 Å². The summed E-state index contributed by atoms with van der Waals surface area (Å²) < 4.78 is 5.23. The number of carbonyl (C=O) groups is 1. The van der Waals surface area contributed by atoms with Crippen LogP contribution in [0, 0.1) is 6.92 Å². The van der Waals surface area contributed by atoms with Crippen LogP contribution in [0.5, 0.6) is 5.75 Å². The highest BCUT2D eigenvalue weighted by molar-refractivity contribution is 5.67. The number of carboxylic acids is 1. The molecular formula is C15H21NO4. The Kier molecular flexibility index (Phi) is 6.21. The lowest BCUT2D eigenvalue weighted by Gasteiger charge is -2.24. The van der Waals surface area contributed by atoms with E-state index in [0.29, 0.717) is 17.9 Å². The van der Waals surface area contributed by atoms with Crippen molar-refractivity contribution in [2.24, 2.45) is 0 Å². The summed E-state index contributed by atoms with van der Waals surface area (Å²) in [4.78, 5) is 10.9. The van der Waals surface area contributed by atoms with Crippen LogP contribution < -0.4 is 10.1 Å². The van der Waals surface area contributed by atoms with Gasteiger partial charge in [0, 0.05) is 18.2 Å². The number of hydrogen-bond acceptors (Lipinski definition) is 4. The molecule has 1 aromatic rings. The molecule has 2 atom stereocenters. The van der Waals surface area contributed by atoms with Gasteiger partial charge in [0.2, 0.25) is 0 Å². The summed E-state index contributed by atoms with van der Waals surface area (Å²) in [5.41, 5.74) is 1.55. The first kappa shape index (κ1) is 16.2. The molecule has 0 amide bonds. The predicted molar refractivity (Wildman–Crippen MR) is 76.9 cm³/mol. The van der Waals surface area contributed by atoms with Crippen LogP contribution >= 0.6 is 0 Å². The van der Waals surface area contributed by atoms with Crippen molar-refractivity contribution in [2.75, 3.05) is 13.7 Å². The van der Waals surface area contributed by atoms with Crippen LogP contribution in [0.25, 0.3) is 0 Å². The van der Waals surface area contributed by atoms with E-state index in [1.165, 1.54) is 7.11 Å². The Hall–Kier alpha value is -1.85. The Labute approximate surface area is 118 Å². The summed E-state index contributed by atoms with van der Waals surface area (Å²) >= 11 is 0. The van der Waals surface area contributed by atoms with Gasteiger partial charge in [-0.3, -0.25) is 4.79 Å². The molecule has 1 rings (SSSR count). The van der Waals surface area contributed by atoms with Gasteiger partial charge in [0.05, 0.1) is 19.6 Å². The molecule has 0 spiro atoms. The number of methoxy groups -OCH3 is 1. The van der Waals surface area contributed by atoms with Gasteiger partial charge in [0.1, 0.15) is 5.75 Å². The maximum absolute atomic E-state index is 10.9. The highest BCUT2D eigenvalue weighted by Crippen LogP contribution is 2.29.